The predicted molar refractivity (Wildman–Crippen MR) is 151 cm³/mol. The SMILES string of the molecule is COC(=O)[C@@H]1CCCN1C(=O)Cc1c(C)nc(CC(C)C)c(CNC(=O)OC(C)(C)C)c1-c1ccc(C)cc1. The molecule has 1 saturated heterocycles. The molecule has 1 fully saturated rings. The van der Waals surface area contributed by atoms with Gasteiger partial charge in [0.15, 0.2) is 0 Å². The lowest BCUT2D eigenvalue weighted by Gasteiger charge is -2.26. The molecule has 2 amide bonds. The van der Waals surface area contributed by atoms with Crippen molar-refractivity contribution >= 4 is 18.0 Å². The van der Waals surface area contributed by atoms with E-state index in [1.807, 2.05) is 58.9 Å². The van der Waals surface area contributed by atoms with Crippen LogP contribution in [-0.2, 0) is 38.4 Å². The third kappa shape index (κ3) is 7.80. The van der Waals surface area contributed by atoms with Gasteiger partial charge in [0.05, 0.1) is 13.5 Å². The maximum Gasteiger partial charge on any atom is 0.407 e. The molecule has 2 heterocycles. The first-order chi connectivity index (χ1) is 18.3. The number of hydrogen-bond acceptors (Lipinski definition) is 6. The van der Waals surface area contributed by atoms with Gasteiger partial charge in [-0.15, -0.1) is 0 Å². The average Bonchev–Trinajstić information content (AvgIpc) is 3.33. The number of hydrogen-bond donors (Lipinski definition) is 1. The number of nitrogens with zero attached hydrogens (tertiary/aromatic N) is 2. The number of esters is 1. The number of benzene rings is 1. The van der Waals surface area contributed by atoms with Gasteiger partial charge in [-0.3, -0.25) is 9.78 Å². The fraction of sp³-hybridized carbons (Fsp3) is 0.548. The Labute approximate surface area is 232 Å². The highest BCUT2D eigenvalue weighted by Gasteiger charge is 2.35. The molecule has 1 aromatic carbocycles. The van der Waals surface area contributed by atoms with E-state index in [1.165, 1.54) is 7.11 Å². The molecule has 0 spiro atoms. The Balaban J connectivity index is 2.11. The summed E-state index contributed by atoms with van der Waals surface area (Å²) in [6.07, 6.45) is 1.65. The standard InChI is InChI=1S/C31H43N3O5/c1-19(2)16-25-24(18-32-30(37)39-31(5,6)7)28(22-13-11-20(3)12-14-22)23(21(4)33-25)17-27(35)34-15-9-10-26(34)29(36)38-8/h11-14,19,26H,9-10,15-18H2,1-8H3,(H,32,37)/t26-/m0/s1. The van der Waals surface area contributed by atoms with Crippen LogP contribution in [0.15, 0.2) is 24.3 Å². The molecule has 8 heteroatoms. The van der Waals surface area contributed by atoms with Gasteiger partial charge in [0.2, 0.25) is 5.91 Å². The highest BCUT2D eigenvalue weighted by molar-refractivity contribution is 5.88. The Hall–Kier alpha value is -3.42. The van der Waals surface area contributed by atoms with Gasteiger partial charge < -0.3 is 19.7 Å². The van der Waals surface area contributed by atoms with Crippen molar-refractivity contribution in [1.29, 1.82) is 0 Å². The van der Waals surface area contributed by atoms with Gasteiger partial charge in [-0.25, -0.2) is 9.59 Å². The molecule has 1 N–H and O–H groups in total. The predicted octanol–water partition coefficient (Wildman–Crippen LogP) is 5.30. The smallest absolute Gasteiger partial charge is 0.407 e. The third-order valence-corrected chi connectivity index (χ3v) is 6.82. The molecule has 1 atom stereocenters. The number of aromatic nitrogens is 1. The quantitative estimate of drug-likeness (QED) is 0.459. The fourth-order valence-corrected chi connectivity index (χ4v) is 5.05. The maximum absolute atomic E-state index is 13.6. The second-order valence-electron chi connectivity index (χ2n) is 11.7. The van der Waals surface area contributed by atoms with Crippen LogP contribution in [0.1, 0.15) is 75.5 Å². The summed E-state index contributed by atoms with van der Waals surface area (Å²) in [5.74, 6) is -0.186. The minimum Gasteiger partial charge on any atom is -0.467 e. The number of ether oxygens (including phenoxy) is 2. The normalized spacial score (nSPS) is 15.4. The Morgan fingerprint density at radius 2 is 1.77 bits per heavy atom. The third-order valence-electron chi connectivity index (χ3n) is 6.82. The molecular formula is C31H43N3O5. The van der Waals surface area contributed by atoms with Gasteiger partial charge in [0, 0.05) is 30.0 Å². The second kappa shape index (κ2) is 12.6. The fourth-order valence-electron chi connectivity index (χ4n) is 5.05. The number of rotatable bonds is 8. The zero-order valence-electron chi connectivity index (χ0n) is 24.6. The highest BCUT2D eigenvalue weighted by Crippen LogP contribution is 2.34. The molecule has 0 unspecified atom stereocenters. The number of methoxy groups -OCH3 is 1. The summed E-state index contributed by atoms with van der Waals surface area (Å²) in [6.45, 7) is 14.4. The summed E-state index contributed by atoms with van der Waals surface area (Å²) in [4.78, 5) is 45.2. The molecule has 3 rings (SSSR count). The van der Waals surface area contributed by atoms with Crippen LogP contribution in [-0.4, -0.2) is 53.2 Å². The van der Waals surface area contributed by atoms with Crippen molar-refractivity contribution in [3.05, 3.63) is 52.3 Å². The summed E-state index contributed by atoms with van der Waals surface area (Å²) < 4.78 is 10.5. The topological polar surface area (TPSA) is 97.8 Å². The molecule has 1 aliphatic rings. The first kappa shape index (κ1) is 30.1. The lowest BCUT2D eigenvalue weighted by Crippen LogP contribution is -2.42. The Morgan fingerprint density at radius 1 is 1.10 bits per heavy atom. The number of carbonyl (C=O) groups is 3. The van der Waals surface area contributed by atoms with Crippen molar-refractivity contribution in [3.63, 3.8) is 0 Å². The van der Waals surface area contributed by atoms with Crippen LogP contribution in [0.5, 0.6) is 0 Å². The number of amides is 2. The first-order valence-electron chi connectivity index (χ1n) is 13.7. The van der Waals surface area contributed by atoms with Crippen molar-refractivity contribution in [2.45, 2.75) is 92.3 Å². The van der Waals surface area contributed by atoms with E-state index < -0.39 is 17.7 Å². The minimum atomic E-state index is -0.625. The van der Waals surface area contributed by atoms with E-state index in [0.29, 0.717) is 18.9 Å². The van der Waals surface area contributed by atoms with Crippen LogP contribution in [0, 0.1) is 19.8 Å². The number of alkyl carbamates (subject to hydrolysis) is 1. The van der Waals surface area contributed by atoms with Crippen molar-refractivity contribution < 1.29 is 23.9 Å². The van der Waals surface area contributed by atoms with Crippen LogP contribution in [0.2, 0.25) is 0 Å². The monoisotopic (exact) mass is 537 g/mol. The van der Waals surface area contributed by atoms with E-state index in [9.17, 15) is 14.4 Å². The largest absolute Gasteiger partial charge is 0.467 e. The molecule has 1 aliphatic heterocycles. The molecule has 1 aromatic heterocycles. The van der Waals surface area contributed by atoms with E-state index in [0.717, 1.165) is 52.0 Å². The first-order valence-corrected chi connectivity index (χ1v) is 13.7. The van der Waals surface area contributed by atoms with Crippen molar-refractivity contribution in [2.75, 3.05) is 13.7 Å². The zero-order valence-corrected chi connectivity index (χ0v) is 24.6. The van der Waals surface area contributed by atoms with E-state index in [2.05, 4.69) is 19.2 Å². The number of aryl methyl sites for hydroxylation is 2. The molecule has 212 valence electrons. The zero-order chi connectivity index (χ0) is 28.9. The van der Waals surface area contributed by atoms with Gasteiger partial charge in [0.1, 0.15) is 11.6 Å². The van der Waals surface area contributed by atoms with Crippen LogP contribution in [0.3, 0.4) is 0 Å². The molecule has 39 heavy (non-hydrogen) atoms. The minimum absolute atomic E-state index is 0.0942. The van der Waals surface area contributed by atoms with Crippen LogP contribution in [0.25, 0.3) is 11.1 Å². The van der Waals surface area contributed by atoms with E-state index in [1.54, 1.807) is 4.90 Å². The Morgan fingerprint density at radius 3 is 2.36 bits per heavy atom. The molecule has 2 aromatic rings. The van der Waals surface area contributed by atoms with Gasteiger partial charge >= 0.3 is 12.1 Å². The Kier molecular flexibility index (Phi) is 9.75. The van der Waals surface area contributed by atoms with E-state index in [4.69, 9.17) is 14.5 Å². The summed E-state index contributed by atoms with van der Waals surface area (Å²) in [5, 5.41) is 2.92. The summed E-state index contributed by atoms with van der Waals surface area (Å²) in [6, 6.07) is 7.60. The molecule has 0 bridgehead atoms. The molecule has 0 radical (unpaired) electrons. The highest BCUT2D eigenvalue weighted by atomic mass is 16.6. The van der Waals surface area contributed by atoms with Crippen molar-refractivity contribution in [1.82, 2.24) is 15.2 Å². The van der Waals surface area contributed by atoms with E-state index >= 15 is 0 Å². The summed E-state index contributed by atoms with van der Waals surface area (Å²) in [5.41, 5.74) is 5.67. The van der Waals surface area contributed by atoms with Gasteiger partial charge in [-0.1, -0.05) is 43.7 Å². The number of nitrogens with one attached hydrogen (secondary N) is 1. The number of carbonyl (C=O) groups excluding carboxylic acids is 3. The van der Waals surface area contributed by atoms with Crippen LogP contribution >= 0.6 is 0 Å². The molecule has 8 nitrogen and oxygen atoms in total. The average molecular weight is 538 g/mol. The Bertz CT molecular complexity index is 1200. The van der Waals surface area contributed by atoms with Gasteiger partial charge in [-0.05, 0) is 76.5 Å². The lowest BCUT2D eigenvalue weighted by molar-refractivity contribution is -0.150. The molecule has 0 saturated carbocycles. The number of likely N-dealkylation sites (tertiary alicyclic amines) is 1. The maximum atomic E-state index is 13.6. The summed E-state index contributed by atoms with van der Waals surface area (Å²) in [7, 11) is 1.35. The lowest BCUT2D eigenvalue weighted by atomic mass is 9.88. The van der Waals surface area contributed by atoms with Gasteiger partial charge in [-0.2, -0.15) is 0 Å². The van der Waals surface area contributed by atoms with Crippen molar-refractivity contribution in [3.8, 4) is 11.1 Å². The van der Waals surface area contributed by atoms with Gasteiger partial charge in [0.25, 0.3) is 0 Å². The molecular weight excluding hydrogens is 494 g/mol. The van der Waals surface area contributed by atoms with Crippen LogP contribution in [0.4, 0.5) is 4.79 Å². The second-order valence-corrected chi connectivity index (χ2v) is 11.7. The van der Waals surface area contributed by atoms with E-state index in [-0.39, 0.29) is 24.8 Å². The molecule has 0 aliphatic carbocycles. The summed E-state index contributed by atoms with van der Waals surface area (Å²) >= 11 is 0. The number of pyridine rings is 1. The van der Waals surface area contributed by atoms with Crippen LogP contribution < -0.4 is 5.32 Å². The van der Waals surface area contributed by atoms with Crippen molar-refractivity contribution in [2.24, 2.45) is 5.92 Å².